The van der Waals surface area contributed by atoms with Crippen LogP contribution in [-0.4, -0.2) is 29.4 Å². The highest BCUT2D eigenvalue weighted by molar-refractivity contribution is 7.86. The largest absolute Gasteiger partial charge is 0.393 e. The Morgan fingerprint density at radius 2 is 0.962 bits per heavy atom. The molecule has 5 heteroatoms. The van der Waals surface area contributed by atoms with Gasteiger partial charge in [-0.05, 0) is 26.2 Å². The summed E-state index contributed by atoms with van der Waals surface area (Å²) < 4.78 is 30.7. The van der Waals surface area contributed by atoms with E-state index >= 15 is 0 Å². The number of rotatable bonds is 19. The van der Waals surface area contributed by atoms with Crippen molar-refractivity contribution in [1.29, 1.82) is 0 Å². The molecule has 0 aromatic carbocycles. The van der Waals surface area contributed by atoms with Crippen molar-refractivity contribution in [2.24, 2.45) is 0 Å². The zero-order valence-corrected chi connectivity index (χ0v) is 18.1. The van der Waals surface area contributed by atoms with Gasteiger partial charge in [-0.25, -0.2) is 0 Å². The van der Waals surface area contributed by atoms with Crippen molar-refractivity contribution in [2.45, 2.75) is 134 Å². The van der Waals surface area contributed by atoms with Crippen molar-refractivity contribution in [3.05, 3.63) is 0 Å². The van der Waals surface area contributed by atoms with Crippen molar-refractivity contribution < 1.29 is 18.1 Å². The minimum absolute atomic E-state index is 0.0877. The average molecular weight is 393 g/mol. The van der Waals surface area contributed by atoms with E-state index in [1.807, 2.05) is 6.92 Å². The molecule has 0 bridgehead atoms. The molecule has 2 unspecified atom stereocenters. The molecule has 0 fully saturated rings. The minimum Gasteiger partial charge on any atom is -0.393 e. The van der Waals surface area contributed by atoms with Crippen molar-refractivity contribution in [1.82, 2.24) is 0 Å². The van der Waals surface area contributed by atoms with Crippen molar-refractivity contribution in [3.63, 3.8) is 0 Å². The fraction of sp³-hybridized carbons (Fsp3) is 1.00. The standard InChI is InChI=1S/C21H44O4S/c1-3-21(22)19-17-15-13-11-9-7-5-4-6-8-10-12-14-16-18-20(2)26(23,24)25/h20-22H,3-19H2,1-2H3,(H,23,24,25). The molecule has 0 aliphatic rings. The highest BCUT2D eigenvalue weighted by Crippen LogP contribution is 2.15. The summed E-state index contributed by atoms with van der Waals surface area (Å²) in [6.07, 6.45) is 19.8. The zero-order chi connectivity index (χ0) is 19.7. The van der Waals surface area contributed by atoms with Gasteiger partial charge in [-0.2, -0.15) is 8.42 Å². The maximum absolute atomic E-state index is 10.9. The van der Waals surface area contributed by atoms with E-state index in [1.54, 1.807) is 6.92 Å². The van der Waals surface area contributed by atoms with Gasteiger partial charge in [0.1, 0.15) is 0 Å². The molecule has 0 spiro atoms. The van der Waals surface area contributed by atoms with Crippen molar-refractivity contribution in [2.75, 3.05) is 0 Å². The first-order chi connectivity index (χ1) is 12.4. The van der Waals surface area contributed by atoms with Gasteiger partial charge >= 0.3 is 0 Å². The number of hydrogen-bond donors (Lipinski definition) is 2. The monoisotopic (exact) mass is 392 g/mol. The van der Waals surface area contributed by atoms with Crippen LogP contribution >= 0.6 is 0 Å². The van der Waals surface area contributed by atoms with E-state index in [0.29, 0.717) is 6.42 Å². The predicted molar refractivity (Wildman–Crippen MR) is 111 cm³/mol. The molecule has 0 radical (unpaired) electrons. The molecule has 2 atom stereocenters. The second-order valence-electron chi connectivity index (χ2n) is 7.91. The third-order valence-corrected chi connectivity index (χ3v) is 6.63. The van der Waals surface area contributed by atoms with Gasteiger partial charge in [-0.3, -0.25) is 4.55 Å². The fourth-order valence-corrected chi connectivity index (χ4v) is 3.75. The smallest absolute Gasteiger partial charge is 0.267 e. The van der Waals surface area contributed by atoms with Gasteiger partial charge in [0, 0.05) is 0 Å². The Morgan fingerprint density at radius 1 is 0.654 bits per heavy atom. The molecular weight excluding hydrogens is 348 g/mol. The Kier molecular flexibility index (Phi) is 16.9. The van der Waals surface area contributed by atoms with Crippen LogP contribution < -0.4 is 0 Å². The molecular formula is C21H44O4S. The molecule has 0 saturated carbocycles. The van der Waals surface area contributed by atoms with E-state index in [4.69, 9.17) is 4.55 Å². The Hall–Kier alpha value is -0.130. The van der Waals surface area contributed by atoms with Gasteiger partial charge in [0.05, 0.1) is 11.4 Å². The van der Waals surface area contributed by atoms with Crippen LogP contribution in [0.1, 0.15) is 123 Å². The molecule has 0 amide bonds. The fourth-order valence-electron chi connectivity index (χ4n) is 3.29. The summed E-state index contributed by atoms with van der Waals surface area (Å²) in [5.41, 5.74) is 0. The van der Waals surface area contributed by atoms with Gasteiger partial charge in [0.2, 0.25) is 0 Å². The van der Waals surface area contributed by atoms with Crippen LogP contribution in [0.25, 0.3) is 0 Å². The number of aliphatic hydroxyl groups is 1. The van der Waals surface area contributed by atoms with Gasteiger partial charge in [-0.15, -0.1) is 0 Å². The van der Waals surface area contributed by atoms with Crippen LogP contribution in [0.2, 0.25) is 0 Å². The number of aliphatic hydroxyl groups excluding tert-OH is 1. The zero-order valence-electron chi connectivity index (χ0n) is 17.3. The summed E-state index contributed by atoms with van der Waals surface area (Å²) in [6, 6.07) is 0. The van der Waals surface area contributed by atoms with Crippen LogP contribution in [0.15, 0.2) is 0 Å². The third kappa shape index (κ3) is 17.3. The molecule has 0 rings (SSSR count). The first-order valence-corrected chi connectivity index (χ1v) is 12.5. The molecule has 158 valence electrons. The molecule has 0 heterocycles. The second-order valence-corrected chi connectivity index (χ2v) is 9.75. The molecule has 2 N–H and O–H groups in total. The number of unbranched alkanes of at least 4 members (excludes halogenated alkanes) is 13. The lowest BCUT2D eigenvalue weighted by Crippen LogP contribution is -2.16. The van der Waals surface area contributed by atoms with E-state index in [2.05, 4.69) is 0 Å². The minimum atomic E-state index is -3.84. The molecule has 0 aliphatic heterocycles. The first kappa shape index (κ1) is 25.9. The summed E-state index contributed by atoms with van der Waals surface area (Å²) >= 11 is 0. The number of hydrogen-bond acceptors (Lipinski definition) is 3. The molecule has 4 nitrogen and oxygen atoms in total. The van der Waals surface area contributed by atoms with E-state index < -0.39 is 15.4 Å². The lowest BCUT2D eigenvalue weighted by molar-refractivity contribution is 0.156. The van der Waals surface area contributed by atoms with Crippen LogP contribution in [0.5, 0.6) is 0 Å². The topological polar surface area (TPSA) is 74.6 Å². The van der Waals surface area contributed by atoms with Crippen LogP contribution in [-0.2, 0) is 10.1 Å². The van der Waals surface area contributed by atoms with Crippen LogP contribution in [0.3, 0.4) is 0 Å². The molecule has 0 aliphatic carbocycles. The Bertz CT molecular complexity index is 395. The van der Waals surface area contributed by atoms with Gasteiger partial charge in [0.15, 0.2) is 0 Å². The maximum atomic E-state index is 10.9. The first-order valence-electron chi connectivity index (χ1n) is 11.0. The lowest BCUT2D eigenvalue weighted by atomic mass is 10.0. The van der Waals surface area contributed by atoms with Crippen molar-refractivity contribution in [3.8, 4) is 0 Å². The predicted octanol–water partition coefficient (Wildman–Crippen LogP) is 6.28. The summed E-state index contributed by atoms with van der Waals surface area (Å²) in [5.74, 6) is 0. The molecule has 0 saturated heterocycles. The van der Waals surface area contributed by atoms with Gasteiger partial charge in [-0.1, -0.05) is 96.8 Å². The summed E-state index contributed by atoms with van der Waals surface area (Å²) in [7, 11) is -3.84. The summed E-state index contributed by atoms with van der Waals surface area (Å²) in [6.45, 7) is 3.62. The van der Waals surface area contributed by atoms with Crippen LogP contribution in [0.4, 0.5) is 0 Å². The lowest BCUT2D eigenvalue weighted by Gasteiger charge is -2.07. The Labute approximate surface area is 162 Å². The second kappa shape index (κ2) is 17.0. The van der Waals surface area contributed by atoms with E-state index in [0.717, 1.165) is 25.7 Å². The van der Waals surface area contributed by atoms with E-state index in [9.17, 15) is 13.5 Å². The van der Waals surface area contributed by atoms with E-state index in [-0.39, 0.29) is 6.10 Å². The van der Waals surface area contributed by atoms with E-state index in [1.165, 1.54) is 77.0 Å². The highest BCUT2D eigenvalue weighted by Gasteiger charge is 2.15. The molecule has 26 heavy (non-hydrogen) atoms. The third-order valence-electron chi connectivity index (χ3n) is 5.38. The van der Waals surface area contributed by atoms with Crippen molar-refractivity contribution >= 4 is 10.1 Å². The van der Waals surface area contributed by atoms with Crippen LogP contribution in [0, 0.1) is 0 Å². The normalized spacial score (nSPS) is 14.5. The average Bonchev–Trinajstić information content (AvgIpc) is 2.59. The highest BCUT2D eigenvalue weighted by atomic mass is 32.2. The molecule has 0 aromatic rings. The molecule has 0 aromatic heterocycles. The quantitative estimate of drug-likeness (QED) is 0.200. The Morgan fingerprint density at radius 3 is 1.27 bits per heavy atom. The maximum Gasteiger partial charge on any atom is 0.267 e. The summed E-state index contributed by atoms with van der Waals surface area (Å²) in [5, 5.41) is 8.86. The SMILES string of the molecule is CCC(O)CCCCCCCCCCCCCCCCC(C)S(=O)(=O)O. The Balaban J connectivity index is 3.16. The van der Waals surface area contributed by atoms with Gasteiger partial charge in [0.25, 0.3) is 10.1 Å². The summed E-state index contributed by atoms with van der Waals surface area (Å²) in [4.78, 5) is 0. The van der Waals surface area contributed by atoms with Gasteiger partial charge < -0.3 is 5.11 Å².